The van der Waals surface area contributed by atoms with Gasteiger partial charge in [-0.15, -0.1) is 0 Å². The number of non-ortho nitro benzene ring substituents is 1. The maximum Gasteiger partial charge on any atom is 0.422 e. The average molecular weight is 658 g/mol. The highest BCUT2D eigenvalue weighted by molar-refractivity contribution is 5.87. The van der Waals surface area contributed by atoms with Crippen molar-refractivity contribution in [2.24, 2.45) is 0 Å². The van der Waals surface area contributed by atoms with Crippen LogP contribution >= 0.6 is 0 Å². The molecule has 0 bridgehead atoms. The number of alkyl halides is 3. The van der Waals surface area contributed by atoms with Crippen molar-refractivity contribution in [2.45, 2.75) is 43.7 Å². The summed E-state index contributed by atoms with van der Waals surface area (Å²) in [6.45, 7) is -0.273. The number of aromatic nitrogens is 1. The van der Waals surface area contributed by atoms with Crippen LogP contribution < -0.4 is 14.2 Å². The smallest absolute Gasteiger partial charge is 0.422 e. The molecule has 1 aromatic heterocycles. The molecule has 1 aliphatic heterocycles. The van der Waals surface area contributed by atoms with Gasteiger partial charge in [0, 0.05) is 55.5 Å². The fourth-order valence-electron chi connectivity index (χ4n) is 5.89. The Kier molecular flexibility index (Phi) is 9.63. The van der Waals surface area contributed by atoms with Gasteiger partial charge in [-0.2, -0.15) is 13.2 Å². The van der Waals surface area contributed by atoms with Crippen LogP contribution in [0, 0.1) is 10.1 Å². The summed E-state index contributed by atoms with van der Waals surface area (Å²) < 4.78 is 62.7. The van der Waals surface area contributed by atoms with E-state index < -0.39 is 34.8 Å². The number of carboxylic acids is 1. The van der Waals surface area contributed by atoms with Gasteiger partial charge in [-0.1, -0.05) is 18.2 Å². The number of nitro groups is 1. The number of likely N-dealkylation sites (tertiary alicyclic amines) is 1. The van der Waals surface area contributed by atoms with Crippen molar-refractivity contribution in [3.8, 4) is 17.2 Å². The van der Waals surface area contributed by atoms with Gasteiger partial charge in [0.15, 0.2) is 11.5 Å². The van der Waals surface area contributed by atoms with Gasteiger partial charge >= 0.3 is 12.1 Å². The summed E-state index contributed by atoms with van der Waals surface area (Å²) >= 11 is 0. The molecule has 1 saturated heterocycles. The predicted molar refractivity (Wildman–Crippen MR) is 165 cm³/mol. The number of aliphatic hydroxyl groups is 1. The van der Waals surface area contributed by atoms with Crippen LogP contribution in [0.3, 0.4) is 0 Å². The lowest BCUT2D eigenvalue weighted by Crippen LogP contribution is -2.53. The number of carboxylic acid groups (broad SMARTS) is 1. The number of halogens is 3. The van der Waals surface area contributed by atoms with Crippen LogP contribution in [-0.2, 0) is 23.4 Å². The number of hydrogen-bond acceptors (Lipinski definition) is 8. The fraction of sp³-hybridized carbons (Fsp3) is 0.364. The first-order valence-electron chi connectivity index (χ1n) is 14.8. The molecule has 2 heterocycles. The Morgan fingerprint density at radius 2 is 1.66 bits per heavy atom. The predicted octanol–water partition coefficient (Wildman–Crippen LogP) is 5.54. The molecule has 0 amide bonds. The molecule has 1 atom stereocenters. The van der Waals surface area contributed by atoms with Crippen molar-refractivity contribution in [3.63, 3.8) is 0 Å². The monoisotopic (exact) mass is 657 g/mol. The van der Waals surface area contributed by atoms with E-state index in [1.165, 1.54) is 42.0 Å². The van der Waals surface area contributed by atoms with Gasteiger partial charge in [-0.3, -0.25) is 19.8 Å². The second kappa shape index (κ2) is 13.5. The van der Waals surface area contributed by atoms with Gasteiger partial charge in [0.05, 0.1) is 31.1 Å². The Bertz CT molecular complexity index is 1750. The number of aliphatic carboxylic acids is 1. The molecule has 250 valence electrons. The highest BCUT2D eigenvalue weighted by atomic mass is 19.4. The molecule has 1 fully saturated rings. The molecule has 47 heavy (non-hydrogen) atoms. The van der Waals surface area contributed by atoms with Crippen molar-refractivity contribution in [2.75, 3.05) is 33.9 Å². The van der Waals surface area contributed by atoms with Gasteiger partial charge in [-0.25, -0.2) is 0 Å². The molecule has 1 unspecified atom stereocenters. The Morgan fingerprint density at radius 3 is 2.26 bits per heavy atom. The van der Waals surface area contributed by atoms with E-state index in [0.29, 0.717) is 41.2 Å². The highest BCUT2D eigenvalue weighted by Crippen LogP contribution is 2.44. The number of methoxy groups -OCH3 is 2. The largest absolute Gasteiger partial charge is 0.497 e. The SMILES string of the molecule is COc1ccc(Cn2cc(C(O)(CN3CCC(Oc4ccc(CC(=O)O)cc4OC)CC3)C(F)(F)F)c3ccc([N+](=O)[O-])cc32)cc1. The van der Waals surface area contributed by atoms with Crippen LogP contribution in [-0.4, -0.2) is 76.7 Å². The van der Waals surface area contributed by atoms with E-state index in [-0.39, 0.29) is 48.7 Å². The minimum absolute atomic E-state index is 0.0561. The Labute approximate surface area is 267 Å². The van der Waals surface area contributed by atoms with E-state index in [0.717, 1.165) is 6.07 Å². The fourth-order valence-corrected chi connectivity index (χ4v) is 5.89. The van der Waals surface area contributed by atoms with E-state index in [2.05, 4.69) is 0 Å². The van der Waals surface area contributed by atoms with E-state index in [9.17, 15) is 33.2 Å². The van der Waals surface area contributed by atoms with E-state index in [1.807, 2.05) is 0 Å². The third-order valence-electron chi connectivity index (χ3n) is 8.37. The number of piperidine rings is 1. The summed E-state index contributed by atoms with van der Waals surface area (Å²) in [5, 5.41) is 32.2. The summed E-state index contributed by atoms with van der Waals surface area (Å²) in [7, 11) is 2.94. The van der Waals surface area contributed by atoms with Gasteiger partial charge in [0.25, 0.3) is 5.69 Å². The molecule has 2 N–H and O–H groups in total. The first kappa shape index (κ1) is 33.5. The van der Waals surface area contributed by atoms with Crippen LogP contribution in [0.25, 0.3) is 10.9 Å². The second-order valence-corrected chi connectivity index (χ2v) is 11.5. The van der Waals surface area contributed by atoms with Crippen molar-refractivity contribution >= 4 is 22.6 Å². The molecule has 1 aliphatic rings. The maximum atomic E-state index is 14.9. The molecule has 5 rings (SSSR count). The summed E-state index contributed by atoms with van der Waals surface area (Å²) in [5.41, 5.74) is -2.54. The topological polar surface area (TPSA) is 137 Å². The minimum Gasteiger partial charge on any atom is -0.497 e. The van der Waals surface area contributed by atoms with Gasteiger partial charge < -0.3 is 29.0 Å². The number of hydrogen-bond donors (Lipinski definition) is 2. The number of rotatable bonds is 12. The summed E-state index contributed by atoms with van der Waals surface area (Å²) in [4.78, 5) is 23.5. The zero-order valence-corrected chi connectivity index (χ0v) is 25.7. The minimum atomic E-state index is -5.08. The lowest BCUT2D eigenvalue weighted by Gasteiger charge is -2.39. The zero-order chi connectivity index (χ0) is 33.9. The molecular weight excluding hydrogens is 623 g/mol. The third-order valence-corrected chi connectivity index (χ3v) is 8.37. The lowest BCUT2D eigenvalue weighted by atomic mass is 9.91. The van der Waals surface area contributed by atoms with E-state index in [4.69, 9.17) is 19.3 Å². The summed E-state index contributed by atoms with van der Waals surface area (Å²) in [6.07, 6.45) is -3.67. The van der Waals surface area contributed by atoms with Crippen molar-refractivity contribution in [1.82, 2.24) is 9.47 Å². The van der Waals surface area contributed by atoms with Crippen LogP contribution in [0.5, 0.6) is 17.2 Å². The molecule has 0 saturated carbocycles. The van der Waals surface area contributed by atoms with Crippen LogP contribution in [0.15, 0.2) is 66.9 Å². The number of nitrogens with zero attached hydrogens (tertiary/aromatic N) is 3. The molecular formula is C33H34F3N3O8. The quantitative estimate of drug-likeness (QED) is 0.149. The molecule has 3 aromatic carbocycles. The van der Waals surface area contributed by atoms with Gasteiger partial charge in [0.2, 0.25) is 5.60 Å². The van der Waals surface area contributed by atoms with Crippen LogP contribution in [0.2, 0.25) is 0 Å². The number of benzene rings is 3. The summed E-state index contributed by atoms with van der Waals surface area (Å²) in [6, 6.07) is 15.3. The normalized spacial score (nSPS) is 15.7. The Morgan fingerprint density at radius 1 is 0.979 bits per heavy atom. The van der Waals surface area contributed by atoms with Crippen LogP contribution in [0.1, 0.15) is 29.5 Å². The first-order valence-corrected chi connectivity index (χ1v) is 14.8. The maximum absolute atomic E-state index is 14.9. The molecule has 14 heteroatoms. The van der Waals surface area contributed by atoms with Crippen molar-refractivity contribution in [1.29, 1.82) is 0 Å². The Balaban J connectivity index is 1.39. The highest BCUT2D eigenvalue weighted by Gasteiger charge is 2.57. The first-order chi connectivity index (χ1) is 22.3. The molecule has 11 nitrogen and oxygen atoms in total. The molecule has 4 aromatic rings. The standard InChI is InChI=1S/C33H34F3N3O8/c1-45-24-7-3-21(4-8-24)18-38-19-27(26-9-6-23(39(43)44)17-28(26)38)32(42,33(34,35)36)20-37-13-11-25(12-14-37)47-29-10-5-22(16-31(40)41)15-30(29)46-2/h3-10,15,17,19,25,42H,11-14,16,18,20H2,1-2H3,(H,40,41). The Hall–Kier alpha value is -4.82. The lowest BCUT2D eigenvalue weighted by molar-refractivity contribution is -0.384. The number of carbonyl (C=O) groups is 1. The number of nitro benzene ring substituents is 1. The van der Waals surface area contributed by atoms with Gasteiger partial charge in [0.1, 0.15) is 11.9 Å². The third kappa shape index (κ3) is 7.28. The number of fused-ring (bicyclic) bond motifs is 1. The number of ether oxygens (including phenoxy) is 3. The zero-order valence-electron chi connectivity index (χ0n) is 25.7. The summed E-state index contributed by atoms with van der Waals surface area (Å²) in [5.74, 6) is 0.348. The van der Waals surface area contributed by atoms with E-state index in [1.54, 1.807) is 42.5 Å². The van der Waals surface area contributed by atoms with E-state index >= 15 is 0 Å². The van der Waals surface area contributed by atoms with Crippen molar-refractivity contribution < 1.29 is 47.3 Å². The van der Waals surface area contributed by atoms with Gasteiger partial charge in [-0.05, 0) is 54.3 Å². The molecule has 0 spiro atoms. The second-order valence-electron chi connectivity index (χ2n) is 11.5. The molecule has 0 aliphatic carbocycles. The number of β-amino-alcohol motifs (C(OH)–C–C–N with tert-alkyl or cyclic N) is 1. The van der Waals surface area contributed by atoms with Crippen molar-refractivity contribution in [3.05, 3.63) is 93.7 Å². The molecule has 0 radical (unpaired) electrons. The van der Waals surface area contributed by atoms with Crippen LogP contribution in [0.4, 0.5) is 18.9 Å². The average Bonchev–Trinajstić information content (AvgIpc) is 3.40.